The van der Waals surface area contributed by atoms with E-state index in [4.69, 9.17) is 27.9 Å². The highest BCUT2D eigenvalue weighted by Gasteiger charge is 2.23. The fourth-order valence-electron chi connectivity index (χ4n) is 1.62. The summed E-state index contributed by atoms with van der Waals surface area (Å²) in [5, 5.41) is 3.97. The van der Waals surface area contributed by atoms with Crippen LogP contribution >= 0.6 is 23.2 Å². The van der Waals surface area contributed by atoms with Gasteiger partial charge in [-0.2, -0.15) is 0 Å². The maximum absolute atomic E-state index is 11.0. The average molecular weight is 260 g/mol. The van der Waals surface area contributed by atoms with Gasteiger partial charge < -0.3 is 10.1 Å². The molecule has 0 aromatic heterocycles. The molecule has 0 bridgehead atoms. The number of hydrogen-bond donors (Lipinski definition) is 1. The summed E-state index contributed by atoms with van der Waals surface area (Å²) in [6.45, 7) is 2.37. The van der Waals surface area contributed by atoms with Crippen molar-refractivity contribution in [3.63, 3.8) is 0 Å². The van der Waals surface area contributed by atoms with Crippen LogP contribution in [0.15, 0.2) is 12.1 Å². The van der Waals surface area contributed by atoms with Gasteiger partial charge in [-0.25, -0.2) is 0 Å². The van der Waals surface area contributed by atoms with Gasteiger partial charge in [0.05, 0.1) is 5.02 Å². The molecule has 0 radical (unpaired) electrons. The molecule has 86 valence electrons. The normalized spacial score (nSPS) is 20.7. The first-order valence-corrected chi connectivity index (χ1v) is 5.68. The number of benzene rings is 1. The number of nitrogens with one attached hydrogen (secondary N) is 1. The zero-order valence-electron chi connectivity index (χ0n) is 8.72. The van der Waals surface area contributed by atoms with Crippen molar-refractivity contribution in [1.82, 2.24) is 5.32 Å². The minimum absolute atomic E-state index is 0.0721. The first kappa shape index (κ1) is 11.7. The lowest BCUT2D eigenvalue weighted by Gasteiger charge is -2.24. The van der Waals surface area contributed by atoms with E-state index in [0.717, 1.165) is 11.1 Å². The largest absolute Gasteiger partial charge is 0.362 e. The summed E-state index contributed by atoms with van der Waals surface area (Å²) in [7, 11) is 0. The summed E-state index contributed by atoms with van der Waals surface area (Å²) in [6.07, 6.45) is -0.193. The average Bonchev–Trinajstić information content (AvgIpc) is 2.28. The van der Waals surface area contributed by atoms with Crippen molar-refractivity contribution in [2.45, 2.75) is 13.0 Å². The Balaban J connectivity index is 2.27. The van der Waals surface area contributed by atoms with Gasteiger partial charge in [-0.1, -0.05) is 29.3 Å². The van der Waals surface area contributed by atoms with Crippen molar-refractivity contribution in [2.75, 3.05) is 13.2 Å². The quantitative estimate of drug-likeness (QED) is 0.842. The molecule has 1 aliphatic rings. The highest BCUT2D eigenvalue weighted by atomic mass is 35.5. The first-order chi connectivity index (χ1) is 7.59. The van der Waals surface area contributed by atoms with Gasteiger partial charge in [0.1, 0.15) is 12.7 Å². The number of rotatable bonds is 1. The Morgan fingerprint density at radius 1 is 1.44 bits per heavy atom. The highest BCUT2D eigenvalue weighted by Crippen LogP contribution is 2.32. The van der Waals surface area contributed by atoms with Gasteiger partial charge in [0.25, 0.3) is 0 Å². The van der Waals surface area contributed by atoms with Crippen LogP contribution in [0.4, 0.5) is 0 Å². The molecule has 1 amide bonds. The van der Waals surface area contributed by atoms with Crippen LogP contribution in [0.1, 0.15) is 17.2 Å². The molecule has 1 atom stereocenters. The van der Waals surface area contributed by atoms with Crippen LogP contribution in [0.25, 0.3) is 0 Å². The van der Waals surface area contributed by atoms with Crippen molar-refractivity contribution in [3.8, 4) is 0 Å². The van der Waals surface area contributed by atoms with Gasteiger partial charge in [-0.15, -0.1) is 0 Å². The van der Waals surface area contributed by atoms with Crippen LogP contribution in [-0.2, 0) is 9.53 Å². The Bertz CT molecular complexity index is 424. The van der Waals surface area contributed by atoms with Crippen LogP contribution < -0.4 is 5.32 Å². The molecule has 1 saturated heterocycles. The van der Waals surface area contributed by atoms with E-state index in [9.17, 15) is 4.79 Å². The molecule has 3 nitrogen and oxygen atoms in total. The molecule has 1 aromatic carbocycles. The molecule has 0 aliphatic carbocycles. The second-order valence-electron chi connectivity index (χ2n) is 3.68. The topological polar surface area (TPSA) is 38.3 Å². The summed E-state index contributed by atoms with van der Waals surface area (Å²) in [4.78, 5) is 11.0. The zero-order valence-corrected chi connectivity index (χ0v) is 10.2. The summed E-state index contributed by atoms with van der Waals surface area (Å²) in [5.74, 6) is -0.0990. The second kappa shape index (κ2) is 4.62. The van der Waals surface area contributed by atoms with Crippen molar-refractivity contribution in [3.05, 3.63) is 33.3 Å². The number of hydrogen-bond acceptors (Lipinski definition) is 2. The van der Waals surface area contributed by atoms with E-state index in [1.54, 1.807) is 6.07 Å². The molecule has 0 unspecified atom stereocenters. The van der Waals surface area contributed by atoms with Crippen molar-refractivity contribution >= 4 is 29.1 Å². The highest BCUT2D eigenvalue weighted by molar-refractivity contribution is 6.36. The summed E-state index contributed by atoms with van der Waals surface area (Å²) >= 11 is 12.1. The molecule has 1 aliphatic heterocycles. The fraction of sp³-hybridized carbons (Fsp3) is 0.364. The monoisotopic (exact) mass is 259 g/mol. The van der Waals surface area contributed by atoms with Gasteiger partial charge >= 0.3 is 0 Å². The van der Waals surface area contributed by atoms with E-state index in [-0.39, 0.29) is 18.6 Å². The SMILES string of the molecule is Cc1c(Cl)ccc([C@H]2CNC(=O)CO2)c1Cl. The number of carbonyl (C=O) groups excluding carboxylic acids is 1. The van der Waals surface area contributed by atoms with E-state index in [0.29, 0.717) is 16.6 Å². The maximum atomic E-state index is 11.0. The van der Waals surface area contributed by atoms with E-state index in [1.807, 2.05) is 13.0 Å². The lowest BCUT2D eigenvalue weighted by atomic mass is 10.1. The predicted octanol–water partition coefficient (Wildman–Crippen LogP) is 2.49. The molecule has 1 N–H and O–H groups in total. The first-order valence-electron chi connectivity index (χ1n) is 4.92. The van der Waals surface area contributed by atoms with Gasteiger partial charge in [-0.05, 0) is 18.6 Å². The van der Waals surface area contributed by atoms with E-state index in [1.165, 1.54) is 0 Å². The van der Waals surface area contributed by atoms with Gasteiger partial charge in [0.15, 0.2) is 0 Å². The second-order valence-corrected chi connectivity index (χ2v) is 4.46. The third-order valence-electron chi connectivity index (χ3n) is 2.60. The smallest absolute Gasteiger partial charge is 0.246 e. The Labute approximate surface area is 104 Å². The van der Waals surface area contributed by atoms with Crippen LogP contribution in [0.5, 0.6) is 0 Å². The third kappa shape index (κ3) is 2.17. The minimum atomic E-state index is -0.193. The van der Waals surface area contributed by atoms with Crippen LogP contribution in [0.2, 0.25) is 10.0 Å². The van der Waals surface area contributed by atoms with Crippen LogP contribution in [0.3, 0.4) is 0 Å². The van der Waals surface area contributed by atoms with Crippen molar-refractivity contribution in [2.24, 2.45) is 0 Å². The summed E-state index contributed by atoms with van der Waals surface area (Å²) < 4.78 is 5.41. The maximum Gasteiger partial charge on any atom is 0.246 e. The molecule has 1 heterocycles. The number of carbonyl (C=O) groups is 1. The van der Waals surface area contributed by atoms with Crippen LogP contribution in [0, 0.1) is 6.92 Å². The van der Waals surface area contributed by atoms with E-state index in [2.05, 4.69) is 5.32 Å². The van der Waals surface area contributed by atoms with Crippen LogP contribution in [-0.4, -0.2) is 19.1 Å². The minimum Gasteiger partial charge on any atom is -0.362 e. The summed E-state index contributed by atoms with van der Waals surface area (Å²) in [6, 6.07) is 3.62. The molecule has 0 spiro atoms. The van der Waals surface area contributed by atoms with Crippen molar-refractivity contribution < 1.29 is 9.53 Å². The lowest BCUT2D eigenvalue weighted by molar-refractivity contribution is -0.133. The molecule has 1 aromatic rings. The van der Waals surface area contributed by atoms with E-state index < -0.39 is 0 Å². The molecule has 5 heteroatoms. The van der Waals surface area contributed by atoms with Gasteiger partial charge in [-0.3, -0.25) is 4.79 Å². The molecular weight excluding hydrogens is 249 g/mol. The number of morpholine rings is 1. The number of amides is 1. The lowest BCUT2D eigenvalue weighted by Crippen LogP contribution is -2.38. The molecular formula is C11H11Cl2NO2. The third-order valence-corrected chi connectivity index (χ3v) is 3.51. The fourth-order valence-corrected chi connectivity index (χ4v) is 2.12. The molecule has 2 rings (SSSR count). The number of halogens is 2. The number of ether oxygens (including phenoxy) is 1. The standard InChI is InChI=1S/C11H11Cl2NO2/c1-6-8(12)3-2-7(11(6)13)9-4-14-10(15)5-16-9/h2-3,9H,4-5H2,1H3,(H,14,15)/t9-/m1/s1. The van der Waals surface area contributed by atoms with Gasteiger partial charge in [0.2, 0.25) is 5.91 Å². The molecule has 0 saturated carbocycles. The Kier molecular flexibility index (Phi) is 3.38. The Hall–Kier alpha value is -0.770. The molecule has 1 fully saturated rings. The van der Waals surface area contributed by atoms with E-state index >= 15 is 0 Å². The van der Waals surface area contributed by atoms with Crippen molar-refractivity contribution in [1.29, 1.82) is 0 Å². The zero-order chi connectivity index (χ0) is 11.7. The Morgan fingerprint density at radius 2 is 2.19 bits per heavy atom. The predicted molar refractivity (Wildman–Crippen MR) is 62.9 cm³/mol. The Morgan fingerprint density at radius 3 is 2.81 bits per heavy atom. The summed E-state index contributed by atoms with van der Waals surface area (Å²) in [5.41, 5.74) is 1.70. The van der Waals surface area contributed by atoms with Gasteiger partial charge in [0, 0.05) is 17.1 Å². The molecule has 16 heavy (non-hydrogen) atoms.